The Morgan fingerprint density at radius 3 is 2.53 bits per heavy atom. The minimum Gasteiger partial charge on any atom is -0.483 e. The van der Waals surface area contributed by atoms with Crippen LogP contribution in [0.2, 0.25) is 5.02 Å². The van der Waals surface area contributed by atoms with Gasteiger partial charge in [-0.25, -0.2) is 0 Å². The molecule has 1 N–H and O–H groups in total. The molecule has 1 atom stereocenters. The topological polar surface area (TPSA) is 38.3 Å². The maximum absolute atomic E-state index is 12.6. The summed E-state index contributed by atoms with van der Waals surface area (Å²) in [6, 6.07) is 21.3. The number of carbonyl (C=O) groups excluding carboxylic acids is 1. The van der Waals surface area contributed by atoms with Crippen LogP contribution in [0.15, 0.2) is 72.8 Å². The Morgan fingerprint density at radius 2 is 1.80 bits per heavy atom. The first-order chi connectivity index (χ1) is 14.4. The Morgan fingerprint density at radius 1 is 1.07 bits per heavy atom. The van der Waals surface area contributed by atoms with Gasteiger partial charge in [0, 0.05) is 21.8 Å². The van der Waals surface area contributed by atoms with Crippen LogP contribution in [-0.2, 0) is 6.42 Å². The molecule has 3 aromatic rings. The largest absolute Gasteiger partial charge is 0.483 e. The zero-order valence-corrected chi connectivity index (χ0v) is 17.9. The molecule has 1 aliphatic heterocycles. The van der Waals surface area contributed by atoms with Gasteiger partial charge in [-0.2, -0.15) is 0 Å². The fraction of sp³-hybridized carbons (Fsp3) is 0.192. The summed E-state index contributed by atoms with van der Waals surface area (Å²) in [4.78, 5) is 12.6. The van der Waals surface area contributed by atoms with Crippen molar-refractivity contribution in [2.24, 2.45) is 0 Å². The van der Waals surface area contributed by atoms with Crippen molar-refractivity contribution in [2.45, 2.75) is 32.3 Å². The number of fused-ring (bicyclic) bond motifs is 1. The van der Waals surface area contributed by atoms with Gasteiger partial charge in [0.25, 0.3) is 5.91 Å². The second-order valence-corrected chi connectivity index (χ2v) is 8.34. The molecule has 0 bridgehead atoms. The molecule has 152 valence electrons. The number of anilines is 1. The molecule has 1 heterocycles. The first-order valence-electron chi connectivity index (χ1n) is 10.1. The van der Waals surface area contributed by atoms with Crippen molar-refractivity contribution in [2.75, 3.05) is 5.32 Å². The number of carbonyl (C=O) groups is 1. The van der Waals surface area contributed by atoms with E-state index in [-0.39, 0.29) is 11.5 Å². The minimum absolute atomic E-state index is 0.164. The van der Waals surface area contributed by atoms with Crippen LogP contribution in [0.5, 0.6) is 5.75 Å². The van der Waals surface area contributed by atoms with Gasteiger partial charge in [-0.15, -0.1) is 0 Å². The quantitative estimate of drug-likeness (QED) is 0.501. The molecule has 0 saturated heterocycles. The summed E-state index contributed by atoms with van der Waals surface area (Å²) < 4.78 is 6.37. The molecule has 3 aromatic carbocycles. The van der Waals surface area contributed by atoms with E-state index in [2.05, 4.69) is 48.7 Å². The van der Waals surface area contributed by atoms with E-state index >= 15 is 0 Å². The number of halogens is 1. The summed E-state index contributed by atoms with van der Waals surface area (Å²) in [5.74, 6) is 0.679. The van der Waals surface area contributed by atoms with Crippen molar-refractivity contribution < 1.29 is 9.53 Å². The number of rotatable bonds is 5. The normalized spacial score (nSPS) is 17.2. The SMILES string of the molecule is Cc1cc2c(cc1NC(=O)c1ccc(Cl)cc1)C=CC(C)(CCc1ccccc1)O2. The first kappa shape index (κ1) is 20.2. The molecule has 0 aromatic heterocycles. The predicted molar refractivity (Wildman–Crippen MR) is 123 cm³/mol. The van der Waals surface area contributed by atoms with Crippen LogP contribution in [0.3, 0.4) is 0 Å². The number of nitrogens with one attached hydrogen (secondary N) is 1. The number of hydrogen-bond acceptors (Lipinski definition) is 2. The van der Waals surface area contributed by atoms with Crippen LogP contribution in [0.4, 0.5) is 5.69 Å². The van der Waals surface area contributed by atoms with Gasteiger partial charge in [0.1, 0.15) is 11.4 Å². The van der Waals surface area contributed by atoms with Gasteiger partial charge in [0.15, 0.2) is 0 Å². The van der Waals surface area contributed by atoms with Gasteiger partial charge in [-0.3, -0.25) is 4.79 Å². The summed E-state index contributed by atoms with van der Waals surface area (Å²) in [6.07, 6.45) is 6.03. The zero-order chi connectivity index (χ0) is 21.1. The highest BCUT2D eigenvalue weighted by Gasteiger charge is 2.27. The summed E-state index contributed by atoms with van der Waals surface area (Å²) in [5.41, 5.74) is 4.20. The van der Waals surface area contributed by atoms with E-state index in [0.29, 0.717) is 10.6 Å². The number of aryl methyl sites for hydroxylation is 2. The van der Waals surface area contributed by atoms with Crippen LogP contribution in [0.25, 0.3) is 6.08 Å². The molecule has 30 heavy (non-hydrogen) atoms. The molecule has 0 saturated carbocycles. The van der Waals surface area contributed by atoms with Crippen LogP contribution in [-0.4, -0.2) is 11.5 Å². The van der Waals surface area contributed by atoms with Gasteiger partial charge < -0.3 is 10.1 Å². The van der Waals surface area contributed by atoms with E-state index in [1.807, 2.05) is 25.1 Å². The van der Waals surface area contributed by atoms with Gasteiger partial charge in [-0.1, -0.05) is 48.0 Å². The fourth-order valence-electron chi connectivity index (χ4n) is 3.57. The predicted octanol–water partition coefficient (Wildman–Crippen LogP) is 6.70. The average molecular weight is 418 g/mol. The lowest BCUT2D eigenvalue weighted by molar-refractivity contribution is 0.102. The summed E-state index contributed by atoms with van der Waals surface area (Å²) >= 11 is 5.91. The molecule has 0 radical (unpaired) electrons. The van der Waals surface area contributed by atoms with E-state index in [0.717, 1.165) is 35.4 Å². The van der Waals surface area contributed by atoms with Crippen LogP contribution >= 0.6 is 11.6 Å². The minimum atomic E-state index is -0.358. The van der Waals surface area contributed by atoms with E-state index in [1.165, 1.54) is 5.56 Å². The first-order valence-corrected chi connectivity index (χ1v) is 10.4. The lowest BCUT2D eigenvalue weighted by Crippen LogP contribution is -2.32. The second kappa shape index (κ2) is 8.37. The number of benzene rings is 3. The lowest BCUT2D eigenvalue weighted by atomic mass is 9.92. The van der Waals surface area contributed by atoms with Crippen molar-refractivity contribution in [3.8, 4) is 5.75 Å². The van der Waals surface area contributed by atoms with E-state index in [4.69, 9.17) is 16.3 Å². The van der Waals surface area contributed by atoms with Gasteiger partial charge in [0.05, 0.1) is 0 Å². The summed E-state index contributed by atoms with van der Waals surface area (Å²) in [6.45, 7) is 4.08. The van der Waals surface area contributed by atoms with Crippen molar-refractivity contribution in [1.29, 1.82) is 0 Å². The maximum Gasteiger partial charge on any atom is 0.255 e. The van der Waals surface area contributed by atoms with Crippen LogP contribution in [0.1, 0.15) is 40.4 Å². The van der Waals surface area contributed by atoms with E-state index < -0.39 is 0 Å². The third kappa shape index (κ3) is 4.58. The highest BCUT2D eigenvalue weighted by atomic mass is 35.5. The number of amides is 1. The third-order valence-electron chi connectivity index (χ3n) is 5.42. The second-order valence-electron chi connectivity index (χ2n) is 7.90. The van der Waals surface area contributed by atoms with Gasteiger partial charge in [-0.05, 0) is 80.3 Å². The van der Waals surface area contributed by atoms with Crippen LogP contribution in [0, 0.1) is 6.92 Å². The van der Waals surface area contributed by atoms with E-state index in [9.17, 15) is 4.79 Å². The highest BCUT2D eigenvalue weighted by Crippen LogP contribution is 2.36. The van der Waals surface area contributed by atoms with Gasteiger partial charge in [0.2, 0.25) is 0 Å². The molecule has 4 heteroatoms. The Hall–Kier alpha value is -3.04. The molecule has 0 fully saturated rings. The number of ether oxygens (including phenoxy) is 1. The lowest BCUT2D eigenvalue weighted by Gasteiger charge is -2.32. The highest BCUT2D eigenvalue weighted by molar-refractivity contribution is 6.30. The molecule has 1 unspecified atom stereocenters. The molecule has 4 rings (SSSR count). The monoisotopic (exact) mass is 417 g/mol. The zero-order valence-electron chi connectivity index (χ0n) is 17.1. The Labute approximate surface area is 182 Å². The Kier molecular flexibility index (Phi) is 5.65. The molecule has 3 nitrogen and oxygen atoms in total. The molecular formula is C26H24ClNO2. The molecule has 1 amide bonds. The number of hydrogen-bond donors (Lipinski definition) is 1. The van der Waals surface area contributed by atoms with Gasteiger partial charge >= 0.3 is 0 Å². The molecule has 0 spiro atoms. The van der Waals surface area contributed by atoms with Crippen molar-refractivity contribution >= 4 is 29.3 Å². The van der Waals surface area contributed by atoms with E-state index in [1.54, 1.807) is 24.3 Å². The molecular weight excluding hydrogens is 394 g/mol. The van der Waals surface area contributed by atoms with Crippen LogP contribution < -0.4 is 10.1 Å². The molecule has 0 aliphatic carbocycles. The van der Waals surface area contributed by atoms with Crippen molar-refractivity contribution in [3.05, 3.63) is 100 Å². The standard InChI is InChI=1S/C26H24ClNO2/c1-18-16-24-21(17-23(18)28-25(29)20-8-10-22(27)11-9-20)13-15-26(2,30-24)14-12-19-6-4-3-5-7-19/h3-11,13,15-17H,12,14H2,1-2H3,(H,28,29). The summed E-state index contributed by atoms with van der Waals surface area (Å²) in [7, 11) is 0. The van der Waals surface area contributed by atoms with Crippen molar-refractivity contribution in [1.82, 2.24) is 0 Å². The third-order valence-corrected chi connectivity index (χ3v) is 5.67. The molecule has 1 aliphatic rings. The average Bonchev–Trinajstić information content (AvgIpc) is 2.74. The van der Waals surface area contributed by atoms with Crippen molar-refractivity contribution in [3.63, 3.8) is 0 Å². The Bertz CT molecular complexity index is 1090. The maximum atomic E-state index is 12.6. The summed E-state index contributed by atoms with van der Waals surface area (Å²) in [5, 5.41) is 3.60. The smallest absolute Gasteiger partial charge is 0.255 e. The Balaban J connectivity index is 1.49. The fourth-order valence-corrected chi connectivity index (χ4v) is 3.70.